The largest absolute Gasteiger partial charge is 0.405 e. The molecule has 0 amide bonds. The number of rotatable bonds is 3. The van der Waals surface area contributed by atoms with Crippen molar-refractivity contribution in [3.8, 4) is 0 Å². The number of allylic oxidation sites excluding steroid dienone is 1. The van der Waals surface area contributed by atoms with Gasteiger partial charge in [-0.25, -0.2) is 0 Å². The lowest BCUT2D eigenvalue weighted by Crippen LogP contribution is -2.22. The first-order valence-electron chi connectivity index (χ1n) is 5.86. The molecule has 3 N–H and O–H groups in total. The zero-order chi connectivity index (χ0) is 11.3. The molecule has 1 heterocycles. The van der Waals surface area contributed by atoms with Gasteiger partial charge in [-0.15, -0.1) is 0 Å². The Morgan fingerprint density at radius 2 is 1.93 bits per heavy atom. The van der Waals surface area contributed by atoms with Gasteiger partial charge in [-0.2, -0.15) is 0 Å². The van der Waals surface area contributed by atoms with Crippen molar-refractivity contribution in [2.45, 2.75) is 20.3 Å². The van der Waals surface area contributed by atoms with Crippen LogP contribution < -0.4 is 11.1 Å². The first kappa shape index (κ1) is 12.0. The van der Waals surface area contributed by atoms with E-state index in [0.29, 0.717) is 0 Å². The Morgan fingerprint density at radius 1 is 1.33 bits per heavy atom. The summed E-state index contributed by atoms with van der Waals surface area (Å²) in [4.78, 5) is 2.40. The van der Waals surface area contributed by atoms with E-state index in [-0.39, 0.29) is 0 Å². The second kappa shape index (κ2) is 5.69. The lowest BCUT2D eigenvalue weighted by molar-refractivity contribution is 0.391. The van der Waals surface area contributed by atoms with E-state index in [1.165, 1.54) is 25.2 Å². The van der Waals surface area contributed by atoms with Crippen LogP contribution in [0.3, 0.4) is 0 Å². The molecule has 1 aliphatic carbocycles. The van der Waals surface area contributed by atoms with Gasteiger partial charge < -0.3 is 16.0 Å². The molecule has 2 fully saturated rings. The summed E-state index contributed by atoms with van der Waals surface area (Å²) >= 11 is 0. The van der Waals surface area contributed by atoms with Gasteiger partial charge in [0.25, 0.3) is 0 Å². The number of fused-ring (bicyclic) bond motifs is 1. The third kappa shape index (κ3) is 2.91. The highest BCUT2D eigenvalue weighted by Gasteiger charge is 2.45. The summed E-state index contributed by atoms with van der Waals surface area (Å²) in [6.45, 7) is 6.42. The van der Waals surface area contributed by atoms with Gasteiger partial charge in [0.05, 0.1) is 5.70 Å². The minimum Gasteiger partial charge on any atom is -0.405 e. The van der Waals surface area contributed by atoms with Gasteiger partial charge in [-0.3, -0.25) is 0 Å². The first-order chi connectivity index (χ1) is 7.35. The lowest BCUT2D eigenvalue weighted by Gasteiger charge is -2.21. The highest BCUT2D eigenvalue weighted by atomic mass is 15.2. The van der Waals surface area contributed by atoms with Crippen LogP contribution in [-0.4, -0.2) is 25.0 Å². The molecular weight excluding hydrogens is 186 g/mol. The fraction of sp³-hybridized carbons (Fsp3) is 0.667. The van der Waals surface area contributed by atoms with Gasteiger partial charge in [-0.05, 0) is 30.5 Å². The fourth-order valence-electron chi connectivity index (χ4n) is 2.10. The maximum Gasteiger partial charge on any atom is 0.0540 e. The standard InChI is InChI=1S/C10H17N3.C2H6/c1-12-5-10(2-3-11)13-6-8-4-9(8)7-13;1-2/h2-3,5,8-9,12H,4,6-7,11H2,1H3;1-2H3/b3-2-,10-5+;. The number of nitrogens with two attached hydrogens (primary N) is 1. The van der Waals surface area contributed by atoms with Crippen molar-refractivity contribution in [2.24, 2.45) is 17.6 Å². The summed E-state index contributed by atoms with van der Waals surface area (Å²) in [5.74, 6) is 1.93. The first-order valence-corrected chi connectivity index (χ1v) is 5.86. The Balaban J connectivity index is 0.000000531. The van der Waals surface area contributed by atoms with Gasteiger partial charge in [0.2, 0.25) is 0 Å². The summed E-state index contributed by atoms with van der Waals surface area (Å²) in [5, 5.41) is 3.05. The minimum absolute atomic E-state index is 0.964. The SMILES string of the molecule is CC.CN/C=C(\C=C/N)N1CC2CC2C1. The number of hydrogen-bond acceptors (Lipinski definition) is 3. The molecule has 1 aliphatic heterocycles. The van der Waals surface area contributed by atoms with Crippen LogP contribution in [0.15, 0.2) is 24.2 Å². The van der Waals surface area contributed by atoms with E-state index in [1.54, 1.807) is 6.20 Å². The van der Waals surface area contributed by atoms with Crippen molar-refractivity contribution >= 4 is 0 Å². The predicted octanol–water partition coefficient (Wildman–Crippen LogP) is 1.50. The van der Waals surface area contributed by atoms with Crippen molar-refractivity contribution in [2.75, 3.05) is 20.1 Å². The van der Waals surface area contributed by atoms with Crippen molar-refractivity contribution in [1.82, 2.24) is 10.2 Å². The summed E-state index contributed by atoms with van der Waals surface area (Å²) in [7, 11) is 1.92. The van der Waals surface area contributed by atoms with Crippen molar-refractivity contribution < 1.29 is 0 Å². The van der Waals surface area contributed by atoms with Gasteiger partial charge >= 0.3 is 0 Å². The van der Waals surface area contributed by atoms with Crippen LogP contribution in [0.1, 0.15) is 20.3 Å². The van der Waals surface area contributed by atoms with Crippen LogP contribution in [0.25, 0.3) is 0 Å². The highest BCUT2D eigenvalue weighted by Crippen LogP contribution is 2.45. The molecule has 2 unspecified atom stereocenters. The molecule has 3 nitrogen and oxygen atoms in total. The van der Waals surface area contributed by atoms with E-state index in [1.807, 2.05) is 33.2 Å². The van der Waals surface area contributed by atoms with Gasteiger partial charge in [-0.1, -0.05) is 13.8 Å². The Bertz CT molecular complexity index is 235. The molecule has 0 aromatic carbocycles. The summed E-state index contributed by atoms with van der Waals surface area (Å²) in [5.41, 5.74) is 6.60. The smallest absolute Gasteiger partial charge is 0.0540 e. The second-order valence-electron chi connectivity index (χ2n) is 3.88. The Labute approximate surface area is 93.0 Å². The molecule has 2 rings (SSSR count). The maximum absolute atomic E-state index is 5.40. The highest BCUT2D eigenvalue weighted by molar-refractivity contribution is 5.19. The Kier molecular flexibility index (Phi) is 4.53. The fourth-order valence-corrected chi connectivity index (χ4v) is 2.10. The number of hydrogen-bond donors (Lipinski definition) is 2. The van der Waals surface area contributed by atoms with E-state index in [9.17, 15) is 0 Å². The van der Waals surface area contributed by atoms with Crippen molar-refractivity contribution in [1.29, 1.82) is 0 Å². The van der Waals surface area contributed by atoms with E-state index >= 15 is 0 Å². The molecule has 2 atom stereocenters. The number of nitrogens with zero attached hydrogens (tertiary/aromatic N) is 1. The van der Waals surface area contributed by atoms with Gasteiger partial charge in [0.15, 0.2) is 0 Å². The van der Waals surface area contributed by atoms with E-state index in [4.69, 9.17) is 5.73 Å². The monoisotopic (exact) mass is 209 g/mol. The van der Waals surface area contributed by atoms with E-state index in [0.717, 1.165) is 11.8 Å². The molecule has 0 aromatic heterocycles. The molecule has 86 valence electrons. The number of piperidine rings is 1. The molecule has 1 saturated heterocycles. The van der Waals surface area contributed by atoms with Crippen LogP contribution in [0.4, 0.5) is 0 Å². The van der Waals surface area contributed by atoms with Crippen molar-refractivity contribution in [3.63, 3.8) is 0 Å². The van der Waals surface area contributed by atoms with Gasteiger partial charge in [0, 0.05) is 26.3 Å². The summed E-state index contributed by atoms with van der Waals surface area (Å²) in [6.07, 6.45) is 7.01. The van der Waals surface area contributed by atoms with E-state index in [2.05, 4.69) is 10.2 Å². The molecule has 2 aliphatic rings. The predicted molar refractivity (Wildman–Crippen MR) is 65.0 cm³/mol. The van der Waals surface area contributed by atoms with Crippen LogP contribution in [-0.2, 0) is 0 Å². The molecule has 15 heavy (non-hydrogen) atoms. The van der Waals surface area contributed by atoms with Crippen LogP contribution in [0, 0.1) is 11.8 Å². The minimum atomic E-state index is 0.964. The van der Waals surface area contributed by atoms with Crippen LogP contribution in [0.2, 0.25) is 0 Å². The maximum atomic E-state index is 5.40. The summed E-state index contributed by atoms with van der Waals surface area (Å²) in [6, 6.07) is 0. The third-order valence-corrected chi connectivity index (χ3v) is 2.90. The molecule has 1 saturated carbocycles. The quantitative estimate of drug-likeness (QED) is 0.692. The molecule has 3 heteroatoms. The number of likely N-dealkylation sites (tertiary alicyclic amines) is 1. The van der Waals surface area contributed by atoms with E-state index < -0.39 is 0 Å². The Morgan fingerprint density at radius 3 is 2.40 bits per heavy atom. The molecule has 0 radical (unpaired) electrons. The summed E-state index contributed by atoms with van der Waals surface area (Å²) < 4.78 is 0. The van der Waals surface area contributed by atoms with Crippen molar-refractivity contribution in [3.05, 3.63) is 24.2 Å². The topological polar surface area (TPSA) is 41.3 Å². The van der Waals surface area contributed by atoms with Crippen LogP contribution >= 0.6 is 0 Å². The van der Waals surface area contributed by atoms with Gasteiger partial charge in [0.1, 0.15) is 0 Å². The van der Waals surface area contributed by atoms with Crippen LogP contribution in [0.5, 0.6) is 0 Å². The second-order valence-corrected chi connectivity index (χ2v) is 3.88. The average Bonchev–Trinajstić information content (AvgIpc) is 2.88. The molecular formula is C12H23N3. The Hall–Kier alpha value is -1.12. The molecule has 0 spiro atoms. The number of nitrogens with one attached hydrogen (secondary N) is 1. The third-order valence-electron chi connectivity index (χ3n) is 2.90. The molecule has 0 aromatic rings. The zero-order valence-corrected chi connectivity index (χ0v) is 10.0. The zero-order valence-electron chi connectivity index (χ0n) is 10.0. The average molecular weight is 209 g/mol. The normalized spacial score (nSPS) is 28.5. The molecule has 0 bridgehead atoms. The lowest BCUT2D eigenvalue weighted by atomic mass is 10.3.